The monoisotopic (exact) mass is 525 g/mol. The van der Waals surface area contributed by atoms with Crippen molar-refractivity contribution < 1.29 is 36.9 Å². The number of nitrogens with one attached hydrogen (secondary N) is 2. The molecule has 0 radical (unpaired) electrons. The summed E-state index contributed by atoms with van der Waals surface area (Å²) in [6.07, 6.45) is 1.45. The van der Waals surface area contributed by atoms with Crippen molar-refractivity contribution in [3.05, 3.63) is 11.1 Å². The van der Waals surface area contributed by atoms with E-state index in [-0.39, 0.29) is 56.3 Å². The van der Waals surface area contributed by atoms with Gasteiger partial charge in [0.05, 0.1) is 0 Å². The molecule has 0 spiro atoms. The molecule has 1 aliphatic rings. The summed E-state index contributed by atoms with van der Waals surface area (Å²) in [6.45, 7) is 0. The van der Waals surface area contributed by atoms with Crippen LogP contribution in [-0.4, -0.2) is 113 Å². The molecule has 1 aromatic heterocycles. The van der Waals surface area contributed by atoms with E-state index >= 15 is 0 Å². The molecule has 2 rings (SSSR count). The van der Waals surface area contributed by atoms with Gasteiger partial charge in [-0.05, 0) is 6.26 Å². The molecular formula is C13H17ClN5NaO8S3. The SMILES string of the molecule is CON=C(C(=O)N[C@]1(OC)C(=O)N(S(=O)(=O)O)[C@@H]1SC)c1csc(NC(=O)CCl)n1.[NaH]. The molecule has 3 amide bonds. The molecule has 1 aliphatic heterocycles. The van der Waals surface area contributed by atoms with Crippen LogP contribution in [0.5, 0.6) is 0 Å². The molecule has 18 heteroatoms. The van der Waals surface area contributed by atoms with Gasteiger partial charge in [0.1, 0.15) is 18.7 Å². The summed E-state index contributed by atoms with van der Waals surface area (Å²) < 4.78 is 37.4. The van der Waals surface area contributed by atoms with Crippen LogP contribution in [0, 0.1) is 0 Å². The maximum atomic E-state index is 12.8. The Morgan fingerprint density at radius 2 is 2.13 bits per heavy atom. The minimum absolute atomic E-state index is 0. The third kappa shape index (κ3) is 5.69. The quantitative estimate of drug-likeness (QED) is 0.0676. The Bertz CT molecular complexity index is 990. The molecule has 0 unspecified atom stereocenters. The van der Waals surface area contributed by atoms with Crippen molar-refractivity contribution in [2.24, 2.45) is 5.16 Å². The summed E-state index contributed by atoms with van der Waals surface area (Å²) in [7, 11) is -2.62. The first-order chi connectivity index (χ1) is 14.0. The number of carbonyl (C=O) groups excluding carboxylic acids is 3. The van der Waals surface area contributed by atoms with Gasteiger partial charge in [-0.25, -0.2) is 4.98 Å². The third-order valence-electron chi connectivity index (χ3n) is 3.68. The molecule has 0 aliphatic carbocycles. The first-order valence-electron chi connectivity index (χ1n) is 7.70. The predicted octanol–water partition coefficient (Wildman–Crippen LogP) is -1.18. The normalized spacial score (nSPS) is 21.1. The van der Waals surface area contributed by atoms with Crippen LogP contribution in [0.1, 0.15) is 5.69 Å². The molecule has 0 saturated carbocycles. The van der Waals surface area contributed by atoms with Gasteiger partial charge in [0.25, 0.3) is 17.5 Å². The van der Waals surface area contributed by atoms with Gasteiger partial charge in [-0.15, -0.1) is 34.7 Å². The van der Waals surface area contributed by atoms with Gasteiger partial charge >= 0.3 is 39.9 Å². The Hall–Kier alpha value is -0.980. The van der Waals surface area contributed by atoms with Crippen LogP contribution in [-0.2, 0) is 34.3 Å². The Balaban J connectivity index is 0.00000480. The number of thioether (sulfide) groups is 1. The van der Waals surface area contributed by atoms with Crippen LogP contribution in [0.25, 0.3) is 0 Å². The molecule has 0 aromatic carbocycles. The van der Waals surface area contributed by atoms with Crippen molar-refractivity contribution in [1.29, 1.82) is 0 Å². The number of amides is 3. The number of halogens is 1. The summed E-state index contributed by atoms with van der Waals surface area (Å²) in [5, 5.41) is 8.49. The summed E-state index contributed by atoms with van der Waals surface area (Å²) in [6, 6.07) is 0. The zero-order valence-corrected chi connectivity index (χ0v) is 18.8. The summed E-state index contributed by atoms with van der Waals surface area (Å²) >= 11 is 7.23. The molecular weight excluding hydrogens is 509 g/mol. The van der Waals surface area contributed by atoms with Gasteiger partial charge in [-0.2, -0.15) is 12.7 Å². The average molecular weight is 526 g/mol. The van der Waals surface area contributed by atoms with Crippen molar-refractivity contribution in [3.8, 4) is 0 Å². The fraction of sp³-hybridized carbons (Fsp3) is 0.462. The third-order valence-corrected chi connectivity index (χ3v) is 6.68. The van der Waals surface area contributed by atoms with Gasteiger partial charge < -0.3 is 20.2 Å². The molecule has 13 nitrogen and oxygen atoms in total. The van der Waals surface area contributed by atoms with Crippen LogP contribution in [0.4, 0.5) is 5.13 Å². The molecule has 3 N–H and O–H groups in total. The van der Waals surface area contributed by atoms with E-state index in [2.05, 4.69) is 25.6 Å². The van der Waals surface area contributed by atoms with Gasteiger partial charge in [0, 0.05) is 12.5 Å². The molecule has 1 saturated heterocycles. The second-order valence-corrected chi connectivity index (χ2v) is 8.74. The Kier molecular flexibility index (Phi) is 10.2. The summed E-state index contributed by atoms with van der Waals surface area (Å²) in [5.74, 6) is -3.00. The van der Waals surface area contributed by atoms with Gasteiger partial charge in [-0.1, -0.05) is 5.16 Å². The number of hydrogen-bond acceptors (Lipinski definition) is 11. The number of alkyl halides is 1. The number of hydrogen-bond donors (Lipinski definition) is 3. The van der Waals surface area contributed by atoms with Gasteiger partial charge in [0.15, 0.2) is 16.2 Å². The molecule has 2 atom stereocenters. The van der Waals surface area contributed by atoms with Crippen LogP contribution in [0.2, 0.25) is 0 Å². The van der Waals surface area contributed by atoms with E-state index in [9.17, 15) is 27.4 Å². The molecule has 1 aromatic rings. The number of oxime groups is 1. The first-order valence-corrected chi connectivity index (χ1v) is 11.8. The number of nitrogens with zero attached hydrogens (tertiary/aromatic N) is 3. The summed E-state index contributed by atoms with van der Waals surface area (Å²) in [5.41, 5.74) is -2.48. The number of thiazole rings is 1. The predicted molar refractivity (Wildman–Crippen MR) is 116 cm³/mol. The van der Waals surface area contributed by atoms with E-state index in [1.807, 2.05) is 0 Å². The van der Waals surface area contributed by atoms with E-state index in [0.717, 1.165) is 30.2 Å². The van der Waals surface area contributed by atoms with E-state index in [1.54, 1.807) is 0 Å². The zero-order valence-electron chi connectivity index (χ0n) is 15.6. The number of β-lactam (4-membered cyclic amide) rings is 1. The first kappa shape index (κ1) is 28.1. The van der Waals surface area contributed by atoms with Crippen LogP contribution in [0.3, 0.4) is 0 Å². The zero-order chi connectivity index (χ0) is 22.7. The number of methoxy groups -OCH3 is 1. The molecule has 0 bridgehead atoms. The van der Waals surface area contributed by atoms with E-state index in [1.165, 1.54) is 18.7 Å². The maximum absolute atomic E-state index is 12.8. The van der Waals surface area contributed by atoms with Crippen molar-refractivity contribution >= 4 is 103 Å². The number of aromatic nitrogens is 1. The van der Waals surface area contributed by atoms with E-state index in [0.29, 0.717) is 0 Å². The molecule has 2 heterocycles. The average Bonchev–Trinajstić information content (AvgIpc) is 3.14. The molecule has 31 heavy (non-hydrogen) atoms. The fourth-order valence-electron chi connectivity index (χ4n) is 2.43. The number of ether oxygens (including phenoxy) is 1. The molecule has 168 valence electrons. The Morgan fingerprint density at radius 3 is 2.61 bits per heavy atom. The number of anilines is 1. The van der Waals surface area contributed by atoms with Crippen molar-refractivity contribution in [2.75, 3.05) is 31.7 Å². The topological polar surface area (TPSA) is 177 Å². The van der Waals surface area contributed by atoms with E-state index in [4.69, 9.17) is 16.3 Å². The van der Waals surface area contributed by atoms with Crippen molar-refractivity contribution in [2.45, 2.75) is 11.1 Å². The summed E-state index contributed by atoms with van der Waals surface area (Å²) in [4.78, 5) is 45.3. The van der Waals surface area contributed by atoms with Gasteiger partial charge in [0.2, 0.25) is 5.91 Å². The Labute approximate surface area is 212 Å². The fourth-order valence-corrected chi connectivity index (χ4v) is 5.41. The van der Waals surface area contributed by atoms with E-state index < -0.39 is 39.1 Å². The van der Waals surface area contributed by atoms with Crippen LogP contribution >= 0.6 is 34.7 Å². The van der Waals surface area contributed by atoms with Crippen molar-refractivity contribution in [1.82, 2.24) is 14.6 Å². The van der Waals surface area contributed by atoms with Crippen LogP contribution < -0.4 is 10.6 Å². The second-order valence-electron chi connectivity index (χ2n) is 5.40. The van der Waals surface area contributed by atoms with Crippen LogP contribution in [0.15, 0.2) is 10.5 Å². The van der Waals surface area contributed by atoms with Gasteiger partial charge in [-0.3, -0.25) is 18.9 Å². The standard InChI is InChI=1S/C13H16ClN5O8S3.Na.H/c1-26-13(10(22)19(11(13)28-3)30(23,24)25)17-9(21)8(18-27-2)6-5-29-12(15-6)16-7(20)4-14;;/h5,11H,4H2,1-3H3,(H,17,21)(H,15,16,20)(H,23,24,25);;/t11-,13+;;/m1../s1. The number of rotatable bonds is 9. The number of carbonyl (C=O) groups is 3. The van der Waals surface area contributed by atoms with Crippen molar-refractivity contribution in [3.63, 3.8) is 0 Å². The second kappa shape index (κ2) is 11.2. The minimum atomic E-state index is -4.87. The Morgan fingerprint density at radius 1 is 1.48 bits per heavy atom. The molecule has 1 fully saturated rings.